The van der Waals surface area contributed by atoms with E-state index in [1.165, 1.54) is 11.6 Å². The maximum absolute atomic E-state index is 13.7. The van der Waals surface area contributed by atoms with Crippen molar-refractivity contribution in [1.29, 1.82) is 0 Å². The van der Waals surface area contributed by atoms with Crippen molar-refractivity contribution in [2.24, 2.45) is 5.92 Å². The Morgan fingerprint density at radius 2 is 1.90 bits per heavy atom. The molecule has 3 aliphatic heterocycles. The molecular formula is C23H25F3N4O. The summed E-state index contributed by atoms with van der Waals surface area (Å²) in [5, 5.41) is 7.38. The van der Waals surface area contributed by atoms with Crippen LogP contribution in [-0.4, -0.2) is 45.4 Å². The number of fused-ring (bicyclic) bond motifs is 3. The lowest BCUT2D eigenvalue weighted by Crippen LogP contribution is -2.61. The Balaban J connectivity index is 1.23. The van der Waals surface area contributed by atoms with Gasteiger partial charge in [0.25, 0.3) is 5.91 Å². The van der Waals surface area contributed by atoms with E-state index in [0.29, 0.717) is 12.4 Å². The number of alkyl halides is 3. The zero-order valence-corrected chi connectivity index (χ0v) is 17.1. The van der Waals surface area contributed by atoms with E-state index >= 15 is 0 Å². The molecule has 1 amide bonds. The Kier molecular flexibility index (Phi) is 4.02. The zero-order chi connectivity index (χ0) is 21.4. The third-order valence-electron chi connectivity index (χ3n) is 7.80. The standard InChI is InChI=1S/C23H25F3N4O/c24-23(25,26)19-10-17(14-6-7-14)27-20-11-18(28-30(19)20)21(31)29-9-8-22(12-16(29)13-22)15-4-2-1-3-5-15/h1-5,11,14,16-17,19,27H,6-10,12-13H2. The van der Waals surface area contributed by atoms with Crippen LogP contribution in [-0.2, 0) is 5.41 Å². The van der Waals surface area contributed by atoms with Gasteiger partial charge >= 0.3 is 6.18 Å². The van der Waals surface area contributed by atoms with Gasteiger partial charge in [-0.25, -0.2) is 4.68 Å². The van der Waals surface area contributed by atoms with Gasteiger partial charge in [0.1, 0.15) is 5.82 Å². The van der Waals surface area contributed by atoms with Gasteiger partial charge in [0.05, 0.1) is 0 Å². The fourth-order valence-corrected chi connectivity index (χ4v) is 5.88. The molecule has 5 aliphatic rings. The molecule has 2 unspecified atom stereocenters. The lowest BCUT2D eigenvalue weighted by molar-refractivity contribution is -0.174. The first-order chi connectivity index (χ1) is 14.8. The molecule has 1 aromatic heterocycles. The number of hydrogen-bond acceptors (Lipinski definition) is 3. The number of amides is 1. The van der Waals surface area contributed by atoms with Gasteiger partial charge in [-0.1, -0.05) is 30.3 Å². The topological polar surface area (TPSA) is 50.2 Å². The molecule has 4 fully saturated rings. The summed E-state index contributed by atoms with van der Waals surface area (Å²) in [5.74, 6) is 0.355. The number of carbonyl (C=O) groups is 1. The van der Waals surface area contributed by atoms with Gasteiger partial charge in [-0.3, -0.25) is 4.79 Å². The number of anilines is 1. The maximum atomic E-state index is 13.7. The SMILES string of the molecule is O=C(c1cc2n(n1)C(C(F)(F)F)CC(C1CC1)N2)N1CCC2(c3ccccc3)CC1C2. The molecular weight excluding hydrogens is 405 g/mol. The number of aromatic nitrogens is 2. The van der Waals surface area contributed by atoms with Crippen LogP contribution in [0, 0.1) is 5.92 Å². The molecule has 2 bridgehead atoms. The summed E-state index contributed by atoms with van der Waals surface area (Å²) in [4.78, 5) is 15.0. The quantitative estimate of drug-likeness (QED) is 0.779. The Morgan fingerprint density at radius 3 is 2.52 bits per heavy atom. The zero-order valence-electron chi connectivity index (χ0n) is 17.1. The van der Waals surface area contributed by atoms with Crippen LogP contribution in [0.2, 0.25) is 0 Å². The second-order valence-corrected chi connectivity index (χ2v) is 9.70. The summed E-state index contributed by atoms with van der Waals surface area (Å²) >= 11 is 0. The fourth-order valence-electron chi connectivity index (χ4n) is 5.88. The number of benzene rings is 1. The number of rotatable bonds is 3. The van der Waals surface area contributed by atoms with E-state index in [0.717, 1.165) is 36.8 Å². The number of nitrogens with zero attached hydrogens (tertiary/aromatic N) is 3. The second kappa shape index (κ2) is 6.50. The van der Waals surface area contributed by atoms with Gasteiger partial charge in [0.2, 0.25) is 0 Å². The number of carbonyl (C=O) groups excluding carboxylic acids is 1. The van der Waals surface area contributed by atoms with Gasteiger partial charge in [0.15, 0.2) is 11.7 Å². The van der Waals surface area contributed by atoms with Gasteiger partial charge < -0.3 is 10.2 Å². The van der Waals surface area contributed by atoms with E-state index in [1.807, 2.05) is 23.1 Å². The predicted octanol–water partition coefficient (Wildman–Crippen LogP) is 4.53. The van der Waals surface area contributed by atoms with Crippen LogP contribution in [0.3, 0.4) is 0 Å². The summed E-state index contributed by atoms with van der Waals surface area (Å²) in [6, 6.07) is 10.2. The van der Waals surface area contributed by atoms with Crippen LogP contribution >= 0.6 is 0 Å². The minimum atomic E-state index is -4.38. The highest BCUT2D eigenvalue weighted by Gasteiger charge is 2.53. The average Bonchev–Trinajstić information content (AvgIpc) is 3.50. The minimum Gasteiger partial charge on any atom is -0.367 e. The Labute approximate surface area is 178 Å². The van der Waals surface area contributed by atoms with Crippen molar-refractivity contribution in [3.05, 3.63) is 47.7 Å². The Hall–Kier alpha value is -2.51. The lowest BCUT2D eigenvalue weighted by Gasteiger charge is -2.57. The monoisotopic (exact) mass is 430 g/mol. The molecule has 2 aliphatic carbocycles. The number of piperidine rings is 2. The van der Waals surface area contributed by atoms with Crippen LogP contribution in [0.5, 0.6) is 0 Å². The van der Waals surface area contributed by atoms with E-state index in [1.54, 1.807) is 0 Å². The Bertz CT molecular complexity index is 1000. The first-order valence-electron chi connectivity index (χ1n) is 11.1. The molecule has 1 N–H and O–H groups in total. The molecule has 2 saturated carbocycles. The molecule has 4 heterocycles. The molecule has 0 radical (unpaired) electrons. The van der Waals surface area contributed by atoms with Crippen molar-refractivity contribution < 1.29 is 18.0 Å². The third kappa shape index (κ3) is 3.05. The van der Waals surface area contributed by atoms with Crippen molar-refractivity contribution in [1.82, 2.24) is 14.7 Å². The van der Waals surface area contributed by atoms with Gasteiger partial charge in [-0.2, -0.15) is 18.3 Å². The lowest BCUT2D eigenvalue weighted by atomic mass is 9.57. The molecule has 31 heavy (non-hydrogen) atoms. The summed E-state index contributed by atoms with van der Waals surface area (Å²) in [6.45, 7) is 0.613. The van der Waals surface area contributed by atoms with E-state index in [-0.39, 0.29) is 41.4 Å². The van der Waals surface area contributed by atoms with Crippen molar-refractivity contribution >= 4 is 11.7 Å². The van der Waals surface area contributed by atoms with E-state index in [9.17, 15) is 18.0 Å². The molecule has 1 aromatic carbocycles. The second-order valence-electron chi connectivity index (χ2n) is 9.70. The molecule has 2 aromatic rings. The smallest absolute Gasteiger partial charge is 0.367 e. The fraction of sp³-hybridized carbons (Fsp3) is 0.565. The van der Waals surface area contributed by atoms with E-state index in [4.69, 9.17) is 0 Å². The molecule has 0 spiro atoms. The van der Waals surface area contributed by atoms with Gasteiger partial charge in [-0.15, -0.1) is 0 Å². The Morgan fingerprint density at radius 1 is 1.16 bits per heavy atom. The number of nitrogens with one attached hydrogen (secondary N) is 1. The summed E-state index contributed by atoms with van der Waals surface area (Å²) < 4.78 is 42.2. The molecule has 2 atom stereocenters. The third-order valence-corrected chi connectivity index (χ3v) is 7.80. The first kappa shape index (κ1) is 19.2. The molecule has 2 saturated heterocycles. The highest BCUT2D eigenvalue weighted by molar-refractivity contribution is 5.93. The number of hydrogen-bond donors (Lipinski definition) is 1. The van der Waals surface area contributed by atoms with E-state index in [2.05, 4.69) is 22.5 Å². The molecule has 7 rings (SSSR count). The minimum absolute atomic E-state index is 0.0254. The van der Waals surface area contributed by atoms with Crippen molar-refractivity contribution in [3.8, 4) is 0 Å². The van der Waals surface area contributed by atoms with Crippen LogP contribution in [0.1, 0.15) is 60.6 Å². The van der Waals surface area contributed by atoms with Crippen LogP contribution < -0.4 is 5.32 Å². The highest BCUT2D eigenvalue weighted by atomic mass is 19.4. The van der Waals surface area contributed by atoms with Crippen molar-refractivity contribution in [2.75, 3.05) is 11.9 Å². The predicted molar refractivity (Wildman–Crippen MR) is 109 cm³/mol. The first-order valence-corrected chi connectivity index (χ1v) is 11.1. The largest absolute Gasteiger partial charge is 0.410 e. The van der Waals surface area contributed by atoms with Crippen LogP contribution in [0.15, 0.2) is 36.4 Å². The molecule has 164 valence electrons. The summed E-state index contributed by atoms with van der Waals surface area (Å²) in [6.07, 6.45) is 0.196. The molecule has 8 heteroatoms. The van der Waals surface area contributed by atoms with Crippen LogP contribution in [0.4, 0.5) is 19.0 Å². The normalized spacial score (nSPS) is 32.1. The van der Waals surface area contributed by atoms with Crippen molar-refractivity contribution in [3.63, 3.8) is 0 Å². The average molecular weight is 430 g/mol. The van der Waals surface area contributed by atoms with E-state index < -0.39 is 12.2 Å². The highest BCUT2D eigenvalue weighted by Crippen LogP contribution is 2.53. The summed E-state index contributed by atoms with van der Waals surface area (Å²) in [5.41, 5.74) is 1.57. The maximum Gasteiger partial charge on any atom is 0.410 e. The van der Waals surface area contributed by atoms with Crippen molar-refractivity contribution in [2.45, 2.75) is 68.2 Å². The summed E-state index contributed by atoms with van der Waals surface area (Å²) in [7, 11) is 0. The number of halogens is 3. The van der Waals surface area contributed by atoms with Gasteiger partial charge in [0, 0.05) is 30.1 Å². The van der Waals surface area contributed by atoms with Crippen LogP contribution in [0.25, 0.3) is 0 Å². The molecule has 5 nitrogen and oxygen atoms in total. The van der Waals surface area contributed by atoms with Gasteiger partial charge in [-0.05, 0) is 50.0 Å².